The average Bonchev–Trinajstić information content (AvgIpc) is 3.17. The van der Waals surface area contributed by atoms with Crippen LogP contribution in [0.15, 0.2) is 78.9 Å². The molecule has 0 unspecified atom stereocenters. The summed E-state index contributed by atoms with van der Waals surface area (Å²) >= 11 is 0. The Kier molecular flexibility index (Phi) is 5.00. The van der Waals surface area contributed by atoms with Crippen LogP contribution < -0.4 is 5.32 Å². The van der Waals surface area contributed by atoms with Crippen molar-refractivity contribution in [1.29, 1.82) is 0 Å². The number of benzene rings is 3. The van der Waals surface area contributed by atoms with Crippen LogP contribution in [0, 0.1) is 20.8 Å². The highest BCUT2D eigenvalue weighted by molar-refractivity contribution is 6.05. The van der Waals surface area contributed by atoms with E-state index in [4.69, 9.17) is 5.10 Å². The van der Waals surface area contributed by atoms with Crippen molar-refractivity contribution in [3.8, 4) is 16.9 Å². The molecular weight excluding hydrogens is 358 g/mol. The van der Waals surface area contributed by atoms with Crippen molar-refractivity contribution in [3.05, 3.63) is 101 Å². The lowest BCUT2D eigenvalue weighted by molar-refractivity contribution is 0.101. The maximum absolute atomic E-state index is 13.3. The van der Waals surface area contributed by atoms with Crippen LogP contribution >= 0.6 is 0 Å². The largest absolute Gasteiger partial charge is 0.320 e. The zero-order chi connectivity index (χ0) is 20.4. The molecule has 4 nitrogen and oxygen atoms in total. The fraction of sp³-hybridized carbons (Fsp3) is 0.120. The zero-order valence-corrected chi connectivity index (χ0v) is 16.8. The Hall–Kier alpha value is -3.66. The molecule has 144 valence electrons. The minimum absolute atomic E-state index is 0.182. The van der Waals surface area contributed by atoms with E-state index in [0.717, 1.165) is 33.8 Å². The Morgan fingerprint density at radius 3 is 2.03 bits per heavy atom. The number of hydrogen-bond acceptors (Lipinski definition) is 2. The Morgan fingerprint density at radius 1 is 0.828 bits per heavy atom. The van der Waals surface area contributed by atoms with Gasteiger partial charge in [-0.1, -0.05) is 66.2 Å². The number of para-hydroxylation sites is 1. The first kappa shape index (κ1) is 18.7. The molecule has 0 fully saturated rings. The van der Waals surface area contributed by atoms with Crippen LogP contribution in [0.1, 0.15) is 27.2 Å². The van der Waals surface area contributed by atoms with Gasteiger partial charge in [0.1, 0.15) is 5.69 Å². The van der Waals surface area contributed by atoms with E-state index in [0.29, 0.717) is 5.69 Å². The van der Waals surface area contributed by atoms with Gasteiger partial charge in [-0.2, -0.15) is 5.10 Å². The molecule has 0 spiro atoms. The fourth-order valence-electron chi connectivity index (χ4n) is 3.61. The number of carbonyl (C=O) groups excluding carboxylic acids is 1. The lowest BCUT2D eigenvalue weighted by Crippen LogP contribution is -2.18. The van der Waals surface area contributed by atoms with E-state index in [1.165, 1.54) is 5.56 Å². The van der Waals surface area contributed by atoms with Crippen molar-refractivity contribution in [2.45, 2.75) is 20.8 Å². The number of rotatable bonds is 4. The third-order valence-electron chi connectivity index (χ3n) is 4.93. The van der Waals surface area contributed by atoms with Crippen molar-refractivity contribution < 1.29 is 4.79 Å². The first-order valence-corrected chi connectivity index (χ1v) is 9.63. The van der Waals surface area contributed by atoms with E-state index in [1.54, 1.807) is 4.68 Å². The summed E-state index contributed by atoms with van der Waals surface area (Å²) in [6.45, 7) is 6.08. The second-order valence-electron chi connectivity index (χ2n) is 7.26. The highest BCUT2D eigenvalue weighted by Gasteiger charge is 2.19. The Balaban J connectivity index is 1.78. The van der Waals surface area contributed by atoms with Crippen molar-refractivity contribution in [2.24, 2.45) is 0 Å². The second kappa shape index (κ2) is 7.76. The topological polar surface area (TPSA) is 46.9 Å². The number of hydrogen-bond donors (Lipinski definition) is 1. The highest BCUT2D eigenvalue weighted by Crippen LogP contribution is 2.25. The lowest BCUT2D eigenvalue weighted by Gasteiger charge is -2.13. The summed E-state index contributed by atoms with van der Waals surface area (Å²) in [5, 5.41) is 7.83. The first-order valence-electron chi connectivity index (χ1n) is 9.63. The van der Waals surface area contributed by atoms with Crippen molar-refractivity contribution in [1.82, 2.24) is 9.78 Å². The average molecular weight is 381 g/mol. The quantitative estimate of drug-likeness (QED) is 0.492. The number of aromatic nitrogens is 2. The van der Waals surface area contributed by atoms with Crippen LogP contribution in [-0.4, -0.2) is 15.7 Å². The molecule has 0 bridgehead atoms. The smallest absolute Gasteiger partial charge is 0.274 e. The van der Waals surface area contributed by atoms with Crippen LogP contribution in [0.5, 0.6) is 0 Å². The normalized spacial score (nSPS) is 10.7. The standard InChI is InChI=1S/C25H23N3O/c1-17-14-18(2)24(19(3)15-17)26-25(29)23-16-22(20-10-6-4-7-11-20)27-28(23)21-12-8-5-9-13-21/h4-16H,1-3H3,(H,26,29). The first-order chi connectivity index (χ1) is 14.0. The molecule has 0 radical (unpaired) electrons. The van der Waals surface area contributed by atoms with Gasteiger partial charge in [0.25, 0.3) is 5.91 Å². The van der Waals surface area contributed by atoms with Crippen molar-refractivity contribution >= 4 is 11.6 Å². The summed E-state index contributed by atoms with van der Waals surface area (Å²) in [6.07, 6.45) is 0. The van der Waals surface area contributed by atoms with Crippen LogP contribution in [0.25, 0.3) is 16.9 Å². The summed E-state index contributed by atoms with van der Waals surface area (Å²) in [5.74, 6) is -0.182. The molecule has 0 aliphatic carbocycles. The molecule has 0 aliphatic heterocycles. The fourth-order valence-corrected chi connectivity index (χ4v) is 3.61. The van der Waals surface area contributed by atoms with Crippen molar-refractivity contribution in [2.75, 3.05) is 5.32 Å². The van der Waals surface area contributed by atoms with Crippen molar-refractivity contribution in [3.63, 3.8) is 0 Å². The Morgan fingerprint density at radius 2 is 1.41 bits per heavy atom. The van der Waals surface area contributed by atoms with E-state index in [-0.39, 0.29) is 5.91 Å². The van der Waals surface area contributed by atoms with E-state index in [2.05, 4.69) is 24.4 Å². The summed E-state index contributed by atoms with van der Waals surface area (Å²) < 4.78 is 1.70. The zero-order valence-electron chi connectivity index (χ0n) is 16.8. The van der Waals surface area contributed by atoms with Crippen LogP contribution in [0.2, 0.25) is 0 Å². The van der Waals surface area contributed by atoms with Gasteiger partial charge in [0.05, 0.1) is 11.4 Å². The predicted molar refractivity (Wildman–Crippen MR) is 118 cm³/mol. The maximum atomic E-state index is 13.3. The monoisotopic (exact) mass is 381 g/mol. The molecule has 4 rings (SSSR count). The maximum Gasteiger partial charge on any atom is 0.274 e. The number of amides is 1. The molecule has 1 aromatic heterocycles. The van der Waals surface area contributed by atoms with Gasteiger partial charge in [-0.25, -0.2) is 4.68 Å². The summed E-state index contributed by atoms with van der Waals surface area (Å²) in [5.41, 5.74) is 7.19. The lowest BCUT2D eigenvalue weighted by atomic mass is 10.0. The molecule has 4 aromatic rings. The molecule has 0 saturated carbocycles. The second-order valence-corrected chi connectivity index (χ2v) is 7.26. The van der Waals surface area contributed by atoms with Gasteiger partial charge in [-0.05, 0) is 50.1 Å². The van der Waals surface area contributed by atoms with Gasteiger partial charge in [0.15, 0.2) is 0 Å². The van der Waals surface area contributed by atoms with Crippen LogP contribution in [0.3, 0.4) is 0 Å². The summed E-state index contributed by atoms with van der Waals surface area (Å²) in [7, 11) is 0. The van der Waals surface area contributed by atoms with Crippen LogP contribution in [0.4, 0.5) is 5.69 Å². The molecule has 1 N–H and O–H groups in total. The van der Waals surface area contributed by atoms with E-state index in [9.17, 15) is 4.79 Å². The molecule has 3 aromatic carbocycles. The summed E-state index contributed by atoms with van der Waals surface area (Å²) in [4.78, 5) is 13.3. The molecule has 0 saturated heterocycles. The van der Waals surface area contributed by atoms with Gasteiger partial charge in [-0.15, -0.1) is 0 Å². The van der Waals surface area contributed by atoms with Gasteiger partial charge in [0, 0.05) is 11.3 Å². The Bertz CT molecular complexity index is 1140. The van der Waals surface area contributed by atoms with E-state index < -0.39 is 0 Å². The van der Waals surface area contributed by atoms with Crippen LogP contribution in [-0.2, 0) is 0 Å². The number of nitrogens with zero attached hydrogens (tertiary/aromatic N) is 2. The molecular formula is C25H23N3O. The number of anilines is 1. The molecule has 1 heterocycles. The SMILES string of the molecule is Cc1cc(C)c(NC(=O)c2cc(-c3ccccc3)nn2-c2ccccc2)c(C)c1. The Labute approximate surface area is 170 Å². The molecule has 1 amide bonds. The van der Waals surface area contributed by atoms with E-state index >= 15 is 0 Å². The molecule has 0 aliphatic rings. The van der Waals surface area contributed by atoms with Gasteiger partial charge in [-0.3, -0.25) is 4.79 Å². The van der Waals surface area contributed by atoms with Gasteiger partial charge >= 0.3 is 0 Å². The van der Waals surface area contributed by atoms with Gasteiger partial charge < -0.3 is 5.32 Å². The minimum Gasteiger partial charge on any atom is -0.320 e. The molecule has 0 atom stereocenters. The number of aryl methyl sites for hydroxylation is 3. The third kappa shape index (κ3) is 3.83. The third-order valence-corrected chi connectivity index (χ3v) is 4.93. The van der Waals surface area contributed by atoms with Gasteiger partial charge in [0.2, 0.25) is 0 Å². The number of nitrogens with one attached hydrogen (secondary N) is 1. The minimum atomic E-state index is -0.182. The number of carbonyl (C=O) groups is 1. The molecule has 29 heavy (non-hydrogen) atoms. The summed E-state index contributed by atoms with van der Waals surface area (Å²) in [6, 6.07) is 25.6. The molecule has 4 heteroatoms. The highest BCUT2D eigenvalue weighted by atomic mass is 16.2. The predicted octanol–water partition coefficient (Wildman–Crippen LogP) is 5.72. The van der Waals surface area contributed by atoms with E-state index in [1.807, 2.05) is 80.6 Å².